The molecule has 3 rings (SSSR count). The Kier molecular flexibility index (Phi) is 1.87. The zero-order valence-electron chi connectivity index (χ0n) is 8.80. The summed E-state index contributed by atoms with van der Waals surface area (Å²) in [6.07, 6.45) is 8.81. The summed E-state index contributed by atoms with van der Waals surface area (Å²) in [6, 6.07) is 0. The molecule has 0 amide bonds. The van der Waals surface area contributed by atoms with Crippen molar-refractivity contribution in [1.29, 1.82) is 0 Å². The molecule has 0 N–H and O–H groups in total. The van der Waals surface area contributed by atoms with Crippen LogP contribution in [0.3, 0.4) is 0 Å². The second-order valence-electron chi connectivity index (χ2n) is 4.25. The van der Waals surface area contributed by atoms with E-state index in [0.29, 0.717) is 0 Å². The van der Waals surface area contributed by atoms with Crippen LogP contribution in [0.4, 0.5) is 5.82 Å². The summed E-state index contributed by atoms with van der Waals surface area (Å²) in [5, 5.41) is 0. The first-order chi connectivity index (χ1) is 7.34. The third kappa shape index (κ3) is 1.37. The number of hydrogen-bond donors (Lipinski definition) is 0. The van der Waals surface area contributed by atoms with E-state index in [4.69, 9.17) is 0 Å². The Labute approximate surface area is 88.6 Å². The molecule has 4 nitrogen and oxygen atoms in total. The van der Waals surface area contributed by atoms with Crippen molar-refractivity contribution in [3.05, 3.63) is 24.8 Å². The number of hydrogen-bond acceptors (Lipinski definition) is 3. The quantitative estimate of drug-likeness (QED) is 0.704. The van der Waals surface area contributed by atoms with Crippen LogP contribution in [-0.4, -0.2) is 27.5 Å². The highest BCUT2D eigenvalue weighted by molar-refractivity contribution is 5.64. The molecular weight excluding hydrogens is 188 g/mol. The van der Waals surface area contributed by atoms with Crippen LogP contribution in [-0.2, 0) is 0 Å². The fraction of sp³-hybridized carbons (Fsp3) is 0.455. The summed E-state index contributed by atoms with van der Waals surface area (Å²) in [7, 11) is 0. The van der Waals surface area contributed by atoms with E-state index in [1.165, 1.54) is 6.42 Å². The molecule has 78 valence electrons. The summed E-state index contributed by atoms with van der Waals surface area (Å²) in [5.74, 6) is 1.79. The topological polar surface area (TPSA) is 33.4 Å². The van der Waals surface area contributed by atoms with E-state index in [9.17, 15) is 0 Å². The zero-order valence-corrected chi connectivity index (χ0v) is 8.80. The minimum Gasteiger partial charge on any atom is -0.353 e. The predicted molar refractivity (Wildman–Crippen MR) is 59.0 cm³/mol. The average molecular weight is 202 g/mol. The number of imidazole rings is 1. The van der Waals surface area contributed by atoms with Crippen LogP contribution in [0.25, 0.3) is 5.65 Å². The van der Waals surface area contributed by atoms with Crippen molar-refractivity contribution in [3.63, 3.8) is 0 Å². The maximum absolute atomic E-state index is 4.44. The van der Waals surface area contributed by atoms with E-state index in [2.05, 4.69) is 21.8 Å². The minimum atomic E-state index is 0.766. The SMILES string of the molecule is C[C@H]1CCN(c2nccn3ccnc23)C1. The molecule has 0 saturated carbocycles. The fourth-order valence-corrected chi connectivity index (χ4v) is 2.19. The maximum atomic E-state index is 4.44. The van der Waals surface area contributed by atoms with Gasteiger partial charge in [0.2, 0.25) is 0 Å². The van der Waals surface area contributed by atoms with Gasteiger partial charge >= 0.3 is 0 Å². The average Bonchev–Trinajstić information content (AvgIpc) is 2.84. The first-order valence-electron chi connectivity index (χ1n) is 5.37. The predicted octanol–water partition coefficient (Wildman–Crippen LogP) is 1.58. The molecular formula is C11H14N4. The summed E-state index contributed by atoms with van der Waals surface area (Å²) in [6.45, 7) is 4.48. The van der Waals surface area contributed by atoms with E-state index in [1.807, 2.05) is 29.2 Å². The first kappa shape index (κ1) is 8.71. The highest BCUT2D eigenvalue weighted by Gasteiger charge is 2.21. The van der Waals surface area contributed by atoms with Gasteiger partial charge in [0, 0.05) is 37.9 Å². The normalized spacial score (nSPS) is 21.4. The van der Waals surface area contributed by atoms with E-state index in [0.717, 1.165) is 30.5 Å². The van der Waals surface area contributed by atoms with E-state index in [-0.39, 0.29) is 0 Å². The Hall–Kier alpha value is -1.58. The maximum Gasteiger partial charge on any atom is 0.180 e. The third-order valence-electron chi connectivity index (χ3n) is 3.02. The van der Waals surface area contributed by atoms with Crippen molar-refractivity contribution < 1.29 is 0 Å². The smallest absolute Gasteiger partial charge is 0.180 e. The molecule has 1 aliphatic heterocycles. The zero-order chi connectivity index (χ0) is 10.3. The van der Waals surface area contributed by atoms with Gasteiger partial charge in [-0.1, -0.05) is 6.92 Å². The first-order valence-corrected chi connectivity index (χ1v) is 5.37. The fourth-order valence-electron chi connectivity index (χ4n) is 2.19. The van der Waals surface area contributed by atoms with Gasteiger partial charge in [-0.25, -0.2) is 9.97 Å². The summed E-state index contributed by atoms with van der Waals surface area (Å²) < 4.78 is 2.02. The van der Waals surface area contributed by atoms with Crippen LogP contribution < -0.4 is 4.90 Å². The van der Waals surface area contributed by atoms with Gasteiger partial charge in [0.1, 0.15) is 0 Å². The Balaban J connectivity index is 2.06. The van der Waals surface area contributed by atoms with Crippen LogP contribution in [0, 0.1) is 5.92 Å². The van der Waals surface area contributed by atoms with Gasteiger partial charge in [-0.3, -0.25) is 0 Å². The summed E-state index contributed by atoms with van der Waals surface area (Å²) in [5.41, 5.74) is 0.964. The molecule has 1 atom stereocenters. The van der Waals surface area contributed by atoms with Crippen LogP contribution in [0.1, 0.15) is 13.3 Å². The van der Waals surface area contributed by atoms with E-state index in [1.54, 1.807) is 0 Å². The van der Waals surface area contributed by atoms with Gasteiger partial charge < -0.3 is 9.30 Å². The van der Waals surface area contributed by atoms with Gasteiger partial charge in [-0.15, -0.1) is 0 Å². The molecule has 15 heavy (non-hydrogen) atoms. The summed E-state index contributed by atoms with van der Waals surface area (Å²) in [4.78, 5) is 11.1. The van der Waals surface area contributed by atoms with Gasteiger partial charge in [-0.05, 0) is 12.3 Å². The van der Waals surface area contributed by atoms with Gasteiger partial charge in [0.25, 0.3) is 0 Å². The van der Waals surface area contributed by atoms with Crippen LogP contribution in [0.15, 0.2) is 24.8 Å². The molecule has 4 heteroatoms. The highest BCUT2D eigenvalue weighted by atomic mass is 15.2. The molecule has 0 radical (unpaired) electrons. The lowest BCUT2D eigenvalue weighted by Gasteiger charge is -2.16. The van der Waals surface area contributed by atoms with Crippen molar-refractivity contribution in [3.8, 4) is 0 Å². The van der Waals surface area contributed by atoms with E-state index < -0.39 is 0 Å². The Morgan fingerprint density at radius 2 is 2.07 bits per heavy atom. The monoisotopic (exact) mass is 202 g/mol. The van der Waals surface area contributed by atoms with Crippen molar-refractivity contribution in [2.75, 3.05) is 18.0 Å². The summed E-state index contributed by atoms with van der Waals surface area (Å²) >= 11 is 0. The molecule has 3 heterocycles. The molecule has 0 spiro atoms. The Morgan fingerprint density at radius 1 is 1.27 bits per heavy atom. The lowest BCUT2D eigenvalue weighted by atomic mass is 10.2. The third-order valence-corrected chi connectivity index (χ3v) is 3.02. The molecule has 1 saturated heterocycles. The van der Waals surface area contributed by atoms with Crippen molar-refractivity contribution in [2.45, 2.75) is 13.3 Å². The highest BCUT2D eigenvalue weighted by Crippen LogP contribution is 2.24. The Morgan fingerprint density at radius 3 is 2.80 bits per heavy atom. The number of rotatable bonds is 1. The Bertz CT molecular complexity index is 476. The molecule has 0 aliphatic carbocycles. The molecule has 2 aromatic rings. The van der Waals surface area contributed by atoms with Crippen LogP contribution in [0.2, 0.25) is 0 Å². The van der Waals surface area contributed by atoms with Gasteiger partial charge in [0.15, 0.2) is 11.5 Å². The second kappa shape index (κ2) is 3.22. The number of anilines is 1. The number of nitrogens with zero attached hydrogens (tertiary/aromatic N) is 4. The lowest BCUT2D eigenvalue weighted by molar-refractivity contribution is 0.659. The molecule has 0 bridgehead atoms. The molecule has 0 aromatic carbocycles. The molecule has 0 unspecified atom stereocenters. The molecule has 2 aromatic heterocycles. The van der Waals surface area contributed by atoms with Gasteiger partial charge in [-0.2, -0.15) is 0 Å². The molecule has 1 fully saturated rings. The van der Waals surface area contributed by atoms with Crippen LogP contribution in [0.5, 0.6) is 0 Å². The van der Waals surface area contributed by atoms with Crippen molar-refractivity contribution >= 4 is 11.5 Å². The second-order valence-corrected chi connectivity index (χ2v) is 4.25. The number of fused-ring (bicyclic) bond motifs is 1. The van der Waals surface area contributed by atoms with Crippen molar-refractivity contribution in [2.24, 2.45) is 5.92 Å². The van der Waals surface area contributed by atoms with E-state index >= 15 is 0 Å². The molecule has 1 aliphatic rings. The van der Waals surface area contributed by atoms with Gasteiger partial charge in [0.05, 0.1) is 0 Å². The van der Waals surface area contributed by atoms with Crippen molar-refractivity contribution in [1.82, 2.24) is 14.4 Å². The largest absolute Gasteiger partial charge is 0.353 e. The standard InChI is InChI=1S/C11H14N4/c1-9-2-5-15(8-9)11-10-12-3-6-14(10)7-4-13-11/h3-4,6-7,9H,2,5,8H2,1H3/t9-/m0/s1. The lowest BCUT2D eigenvalue weighted by Crippen LogP contribution is -2.21. The minimum absolute atomic E-state index is 0.766. The number of aromatic nitrogens is 3. The van der Waals surface area contributed by atoms with Crippen LogP contribution >= 0.6 is 0 Å².